The molecule has 1 unspecified atom stereocenters. The molecule has 0 spiro atoms. The molecule has 1 saturated heterocycles. The van der Waals surface area contributed by atoms with Gasteiger partial charge in [0, 0.05) is 30.3 Å². The average molecular weight is 349 g/mol. The average Bonchev–Trinajstić information content (AvgIpc) is 3.02. The number of benzene rings is 1. The first-order valence-electron chi connectivity index (χ1n) is 7.01. The second kappa shape index (κ2) is 9.40. The Morgan fingerprint density at radius 2 is 2.13 bits per heavy atom. The summed E-state index contributed by atoms with van der Waals surface area (Å²) >= 11 is 1.72. The number of carbonyl (C=O) groups excluding carboxylic acids is 3. The van der Waals surface area contributed by atoms with Gasteiger partial charge in [-0.25, -0.2) is 9.10 Å². The lowest BCUT2D eigenvalue weighted by Crippen LogP contribution is -2.30. The van der Waals surface area contributed by atoms with E-state index in [9.17, 15) is 14.4 Å². The number of ether oxygens (including phenoxy) is 1. The fraction of sp³-hybridized carbons (Fsp3) is 0.312. The highest BCUT2D eigenvalue weighted by molar-refractivity contribution is 8.18. The second-order valence-corrected chi connectivity index (χ2v) is 6.50. The maximum absolute atomic E-state index is 12.0. The van der Waals surface area contributed by atoms with E-state index in [1.165, 1.54) is 0 Å². The first-order valence-corrected chi connectivity index (χ1v) is 8.60. The highest BCUT2D eigenvalue weighted by Crippen LogP contribution is 2.29. The van der Waals surface area contributed by atoms with Crippen LogP contribution in [-0.2, 0) is 20.9 Å². The van der Waals surface area contributed by atoms with Crippen LogP contribution in [0.1, 0.15) is 18.4 Å². The van der Waals surface area contributed by atoms with Crippen LogP contribution in [0.2, 0.25) is 0 Å². The molecule has 7 heteroatoms. The van der Waals surface area contributed by atoms with Gasteiger partial charge >= 0.3 is 5.30 Å². The molecule has 5 nitrogen and oxygen atoms in total. The largest absolute Gasteiger partial charge is 0.452 e. The van der Waals surface area contributed by atoms with Crippen molar-refractivity contribution in [2.24, 2.45) is 0 Å². The van der Waals surface area contributed by atoms with Crippen LogP contribution >= 0.6 is 23.7 Å². The van der Waals surface area contributed by atoms with Gasteiger partial charge in [-0.2, -0.15) is 0 Å². The zero-order chi connectivity index (χ0) is 16.5. The van der Waals surface area contributed by atoms with Crippen molar-refractivity contribution < 1.29 is 19.1 Å². The van der Waals surface area contributed by atoms with E-state index in [4.69, 9.17) is 4.74 Å². The van der Waals surface area contributed by atoms with Crippen LogP contribution in [0.5, 0.6) is 0 Å². The van der Waals surface area contributed by atoms with Gasteiger partial charge in [0.15, 0.2) is 6.29 Å². The van der Waals surface area contributed by atoms with Crippen molar-refractivity contribution in [3.8, 4) is 11.2 Å². The molecule has 0 aromatic heterocycles. The van der Waals surface area contributed by atoms with Gasteiger partial charge in [-0.15, -0.1) is 0 Å². The Morgan fingerprint density at radius 3 is 2.87 bits per heavy atom. The van der Waals surface area contributed by atoms with E-state index in [1.54, 1.807) is 4.31 Å². The summed E-state index contributed by atoms with van der Waals surface area (Å²) in [6, 6.07) is 9.03. The summed E-state index contributed by atoms with van der Waals surface area (Å²) in [6.45, 7) is 0.849. The lowest BCUT2D eigenvalue weighted by Gasteiger charge is -2.19. The number of hydrogen-bond acceptors (Lipinski definition) is 7. The number of aldehydes is 1. The van der Waals surface area contributed by atoms with Gasteiger partial charge in [0.05, 0.1) is 6.04 Å². The molecule has 120 valence electrons. The quantitative estimate of drug-likeness (QED) is 0.358. The van der Waals surface area contributed by atoms with Crippen LogP contribution < -0.4 is 0 Å². The van der Waals surface area contributed by atoms with Crippen LogP contribution in [0.15, 0.2) is 30.3 Å². The first kappa shape index (κ1) is 17.6. The van der Waals surface area contributed by atoms with E-state index in [1.807, 2.05) is 30.3 Å². The highest BCUT2D eigenvalue weighted by Gasteiger charge is 2.33. The van der Waals surface area contributed by atoms with E-state index in [2.05, 4.69) is 11.2 Å². The van der Waals surface area contributed by atoms with Crippen LogP contribution in [0.4, 0.5) is 4.79 Å². The summed E-state index contributed by atoms with van der Waals surface area (Å²) in [6.07, 6.45) is 1.95. The van der Waals surface area contributed by atoms with Gasteiger partial charge in [-0.3, -0.25) is 9.59 Å². The molecule has 0 saturated carbocycles. The van der Waals surface area contributed by atoms with Crippen molar-refractivity contribution in [3.63, 3.8) is 0 Å². The smallest absolute Gasteiger partial charge is 0.383 e. The third kappa shape index (κ3) is 5.75. The van der Waals surface area contributed by atoms with Gasteiger partial charge in [-0.05, 0) is 29.6 Å². The number of hydrogen-bond donors (Lipinski definition) is 0. The molecule has 0 amide bonds. The molecule has 1 heterocycles. The minimum absolute atomic E-state index is 0.153. The lowest BCUT2D eigenvalue weighted by atomic mass is 10.2. The standard InChI is InChI=1S/C16H15NO4S2/c18-10-5-11-22-15(19)14-8-4-9-17(14)23-16(20)21-12-13-6-2-1-3-7-13/h1-3,6-7,10,14H,4,8-9,12H2. The Hall–Kier alpha value is -1.75. The van der Waals surface area contributed by atoms with Crippen molar-refractivity contribution in [1.82, 2.24) is 4.31 Å². The number of rotatable bonds is 4. The normalized spacial score (nSPS) is 17.1. The summed E-state index contributed by atoms with van der Waals surface area (Å²) in [5, 5.41) is 1.84. The van der Waals surface area contributed by atoms with E-state index >= 15 is 0 Å². The molecule has 1 fully saturated rings. The summed E-state index contributed by atoms with van der Waals surface area (Å²) in [5.41, 5.74) is 0.912. The fourth-order valence-electron chi connectivity index (χ4n) is 2.10. The third-order valence-corrected chi connectivity index (χ3v) is 4.77. The van der Waals surface area contributed by atoms with Gasteiger partial charge in [0.1, 0.15) is 6.61 Å². The summed E-state index contributed by atoms with van der Waals surface area (Å²) in [5.74, 6) is 2.19. The van der Waals surface area contributed by atoms with Crippen molar-refractivity contribution >= 4 is 40.4 Å². The Bertz CT molecular complexity index is 624. The van der Waals surface area contributed by atoms with Crippen molar-refractivity contribution in [2.75, 3.05) is 6.54 Å². The summed E-state index contributed by atoms with van der Waals surface area (Å²) in [7, 11) is 0. The third-order valence-electron chi connectivity index (χ3n) is 3.14. The maximum atomic E-state index is 12.0. The number of nitrogens with zero attached hydrogens (tertiary/aromatic N) is 1. The van der Waals surface area contributed by atoms with Gasteiger partial charge in [0.2, 0.25) is 5.12 Å². The molecular weight excluding hydrogens is 334 g/mol. The molecule has 1 atom stereocenters. The van der Waals surface area contributed by atoms with Crippen LogP contribution in [0.25, 0.3) is 0 Å². The van der Waals surface area contributed by atoms with Gasteiger partial charge < -0.3 is 4.74 Å². The summed E-state index contributed by atoms with van der Waals surface area (Å²) < 4.78 is 6.93. The minimum Gasteiger partial charge on any atom is -0.452 e. The van der Waals surface area contributed by atoms with E-state index in [-0.39, 0.29) is 17.8 Å². The van der Waals surface area contributed by atoms with Crippen LogP contribution in [-0.4, -0.2) is 33.6 Å². The monoisotopic (exact) mass is 349 g/mol. The molecule has 23 heavy (non-hydrogen) atoms. The van der Waals surface area contributed by atoms with Crippen molar-refractivity contribution in [3.05, 3.63) is 35.9 Å². The molecule has 1 aliphatic heterocycles. The SMILES string of the molecule is O=CC#CSC(=O)C1CCCN1SC(=O)OCc1ccccc1. The zero-order valence-electron chi connectivity index (χ0n) is 12.3. The molecular formula is C16H15NO4S2. The van der Waals surface area contributed by atoms with Crippen molar-refractivity contribution in [2.45, 2.75) is 25.5 Å². The molecule has 0 radical (unpaired) electrons. The molecule has 0 N–H and O–H groups in total. The Kier molecular flexibility index (Phi) is 7.20. The number of carbonyl (C=O) groups is 3. The highest BCUT2D eigenvalue weighted by atomic mass is 32.2. The maximum Gasteiger partial charge on any atom is 0.383 e. The fourth-order valence-corrected chi connectivity index (χ4v) is 3.60. The molecule has 0 bridgehead atoms. The molecule has 1 aromatic rings. The van der Waals surface area contributed by atoms with Crippen molar-refractivity contribution in [1.29, 1.82) is 0 Å². The molecule has 1 aliphatic rings. The molecule has 1 aromatic carbocycles. The second-order valence-electron chi connectivity index (χ2n) is 4.70. The number of thioether (sulfide) groups is 1. The van der Waals surface area contributed by atoms with Crippen LogP contribution in [0.3, 0.4) is 0 Å². The zero-order valence-corrected chi connectivity index (χ0v) is 13.9. The van der Waals surface area contributed by atoms with E-state index in [0.29, 0.717) is 19.3 Å². The molecule has 0 aliphatic carbocycles. The van der Waals surface area contributed by atoms with Gasteiger partial charge in [0.25, 0.3) is 0 Å². The first-order chi connectivity index (χ1) is 11.2. The Morgan fingerprint density at radius 1 is 1.35 bits per heavy atom. The van der Waals surface area contributed by atoms with Gasteiger partial charge in [-0.1, -0.05) is 30.3 Å². The lowest BCUT2D eigenvalue weighted by molar-refractivity contribution is -0.113. The Labute approximate surface area is 143 Å². The van der Waals surface area contributed by atoms with E-state index < -0.39 is 5.30 Å². The predicted molar refractivity (Wildman–Crippen MR) is 90.4 cm³/mol. The topological polar surface area (TPSA) is 63.7 Å². The van der Waals surface area contributed by atoms with Crippen LogP contribution in [0, 0.1) is 11.2 Å². The molecule has 2 rings (SSSR count). The summed E-state index contributed by atoms with van der Waals surface area (Å²) in [4.78, 5) is 34.1. The Balaban J connectivity index is 1.82. The van der Waals surface area contributed by atoms with E-state index in [0.717, 1.165) is 35.7 Å². The minimum atomic E-state index is -0.433. The predicted octanol–water partition coefficient (Wildman–Crippen LogP) is 2.86.